The molecule has 1 aliphatic rings. The molecule has 3 aromatic heterocycles. The predicted octanol–water partition coefficient (Wildman–Crippen LogP) is 3.26. The number of rotatable bonds is 3. The van der Waals surface area contributed by atoms with Gasteiger partial charge in [0.15, 0.2) is 11.3 Å². The van der Waals surface area contributed by atoms with Crippen LogP contribution in [0.5, 0.6) is 0 Å². The minimum absolute atomic E-state index is 0.159. The molecule has 0 unspecified atom stereocenters. The van der Waals surface area contributed by atoms with Gasteiger partial charge in [0, 0.05) is 5.56 Å². The van der Waals surface area contributed by atoms with Crippen molar-refractivity contribution in [1.82, 2.24) is 30.2 Å². The first kappa shape index (κ1) is 20.2. The maximum Gasteiger partial charge on any atom is 0.437 e. The topological polar surface area (TPSA) is 134 Å². The van der Waals surface area contributed by atoms with E-state index in [0.29, 0.717) is 22.3 Å². The number of piperidine rings is 1. The van der Waals surface area contributed by atoms with E-state index in [-0.39, 0.29) is 23.0 Å². The second kappa shape index (κ2) is 7.48. The molecule has 0 saturated carbocycles. The standard InChI is InChI=1S/C20H19F3N8O/c21-20(22,23)16-13(18(25)32-30-16)10-1-3-11(4-2-10)15-14-17(24)27-9-28-19(14)31(29-15)12-5-7-26-8-6-12/h1-4,9,12,26H,5-8,25H2,(H2,24,27,28). The average molecular weight is 444 g/mol. The summed E-state index contributed by atoms with van der Waals surface area (Å²) in [6.45, 7) is 1.75. The van der Waals surface area contributed by atoms with Crippen LogP contribution in [0.15, 0.2) is 35.1 Å². The SMILES string of the molecule is Nc1onc(C(F)(F)F)c1-c1ccc(-c2nn(C3CCNCC3)c3ncnc(N)c23)cc1. The number of hydrogen-bond donors (Lipinski definition) is 3. The lowest BCUT2D eigenvalue weighted by molar-refractivity contribution is -0.142. The fourth-order valence-electron chi connectivity index (χ4n) is 4.07. The fraction of sp³-hybridized carbons (Fsp3) is 0.300. The fourth-order valence-corrected chi connectivity index (χ4v) is 4.07. The Morgan fingerprint density at radius 3 is 2.41 bits per heavy atom. The largest absolute Gasteiger partial charge is 0.437 e. The molecule has 166 valence electrons. The van der Waals surface area contributed by atoms with Crippen molar-refractivity contribution in [2.75, 3.05) is 24.6 Å². The number of fused-ring (bicyclic) bond motifs is 1. The molecule has 9 nitrogen and oxygen atoms in total. The first-order chi connectivity index (χ1) is 15.3. The van der Waals surface area contributed by atoms with Crippen molar-refractivity contribution in [2.24, 2.45) is 0 Å². The number of halogens is 3. The summed E-state index contributed by atoms with van der Waals surface area (Å²) in [5, 5.41) is 11.8. The van der Waals surface area contributed by atoms with Gasteiger partial charge in [-0.15, -0.1) is 0 Å². The highest BCUT2D eigenvalue weighted by molar-refractivity contribution is 5.98. The van der Waals surface area contributed by atoms with Crippen LogP contribution in [0, 0.1) is 0 Å². The number of hydrogen-bond acceptors (Lipinski definition) is 8. The first-order valence-corrected chi connectivity index (χ1v) is 9.97. The van der Waals surface area contributed by atoms with Crippen LogP contribution in [0.1, 0.15) is 24.6 Å². The number of anilines is 2. The zero-order valence-corrected chi connectivity index (χ0v) is 16.7. The summed E-state index contributed by atoms with van der Waals surface area (Å²) in [7, 11) is 0. The molecule has 1 fully saturated rings. The van der Waals surface area contributed by atoms with Gasteiger partial charge < -0.3 is 21.3 Å². The smallest absolute Gasteiger partial charge is 0.383 e. The molecule has 4 heterocycles. The summed E-state index contributed by atoms with van der Waals surface area (Å²) < 4.78 is 46.3. The van der Waals surface area contributed by atoms with E-state index in [0.717, 1.165) is 25.9 Å². The molecule has 1 aromatic carbocycles. The molecule has 5 N–H and O–H groups in total. The average Bonchev–Trinajstić information content (AvgIpc) is 3.36. The molecule has 5 rings (SSSR count). The lowest BCUT2D eigenvalue weighted by atomic mass is 10.0. The van der Waals surface area contributed by atoms with Gasteiger partial charge in [0.1, 0.15) is 17.8 Å². The Kier molecular flexibility index (Phi) is 4.73. The predicted molar refractivity (Wildman–Crippen MR) is 111 cm³/mol. The number of nitrogens with two attached hydrogens (primary N) is 2. The van der Waals surface area contributed by atoms with Crippen LogP contribution in [0.4, 0.5) is 24.9 Å². The third-order valence-electron chi connectivity index (χ3n) is 5.61. The van der Waals surface area contributed by atoms with Gasteiger partial charge in [-0.2, -0.15) is 18.3 Å². The van der Waals surface area contributed by atoms with E-state index in [1.54, 1.807) is 12.1 Å². The number of alkyl halides is 3. The molecule has 1 aliphatic heterocycles. The van der Waals surface area contributed by atoms with Crippen LogP contribution in [-0.4, -0.2) is 38.0 Å². The highest BCUT2D eigenvalue weighted by Crippen LogP contribution is 2.41. The van der Waals surface area contributed by atoms with Crippen molar-refractivity contribution in [3.8, 4) is 22.4 Å². The van der Waals surface area contributed by atoms with Crippen molar-refractivity contribution >= 4 is 22.7 Å². The van der Waals surface area contributed by atoms with E-state index >= 15 is 0 Å². The molecule has 12 heteroatoms. The summed E-state index contributed by atoms with van der Waals surface area (Å²) in [5.74, 6) is -0.111. The van der Waals surface area contributed by atoms with Crippen LogP contribution in [0.2, 0.25) is 0 Å². The minimum atomic E-state index is -4.69. The van der Waals surface area contributed by atoms with Crippen LogP contribution in [-0.2, 0) is 6.18 Å². The van der Waals surface area contributed by atoms with Crippen LogP contribution in [0.25, 0.3) is 33.4 Å². The van der Waals surface area contributed by atoms with Crippen molar-refractivity contribution < 1.29 is 17.7 Å². The number of nitrogens with one attached hydrogen (secondary N) is 1. The van der Waals surface area contributed by atoms with Crippen LogP contribution < -0.4 is 16.8 Å². The zero-order valence-electron chi connectivity index (χ0n) is 16.7. The minimum Gasteiger partial charge on any atom is -0.383 e. The van der Waals surface area contributed by atoms with E-state index in [2.05, 4.69) is 25.0 Å². The molecular weight excluding hydrogens is 425 g/mol. The maximum atomic E-state index is 13.3. The third kappa shape index (κ3) is 3.32. The van der Waals surface area contributed by atoms with Gasteiger partial charge in [0.2, 0.25) is 5.88 Å². The van der Waals surface area contributed by atoms with E-state index < -0.39 is 17.8 Å². The second-order valence-corrected chi connectivity index (χ2v) is 7.58. The van der Waals surface area contributed by atoms with Crippen molar-refractivity contribution in [2.45, 2.75) is 25.1 Å². The Morgan fingerprint density at radius 2 is 1.72 bits per heavy atom. The van der Waals surface area contributed by atoms with Crippen LogP contribution in [0.3, 0.4) is 0 Å². The van der Waals surface area contributed by atoms with E-state index in [4.69, 9.17) is 16.6 Å². The molecule has 0 atom stereocenters. The molecular formula is C20H19F3N8O. The van der Waals surface area contributed by atoms with Gasteiger partial charge in [0.05, 0.1) is 17.0 Å². The molecule has 0 amide bonds. The Labute approximate surface area is 179 Å². The van der Waals surface area contributed by atoms with Gasteiger partial charge >= 0.3 is 6.18 Å². The summed E-state index contributed by atoms with van der Waals surface area (Å²) in [6, 6.07) is 6.50. The van der Waals surface area contributed by atoms with Crippen molar-refractivity contribution in [1.29, 1.82) is 0 Å². The Morgan fingerprint density at radius 1 is 1.03 bits per heavy atom. The molecule has 0 radical (unpaired) electrons. The summed E-state index contributed by atoms with van der Waals surface area (Å²) in [6.07, 6.45) is -1.50. The number of aromatic nitrogens is 5. The van der Waals surface area contributed by atoms with Gasteiger partial charge in [-0.25, -0.2) is 14.6 Å². The summed E-state index contributed by atoms with van der Waals surface area (Å²) in [4.78, 5) is 8.50. The van der Waals surface area contributed by atoms with Gasteiger partial charge in [-0.3, -0.25) is 0 Å². The lowest BCUT2D eigenvalue weighted by Crippen LogP contribution is -2.30. The molecule has 1 saturated heterocycles. The zero-order chi connectivity index (χ0) is 22.5. The molecule has 0 spiro atoms. The van der Waals surface area contributed by atoms with Gasteiger partial charge in [0.25, 0.3) is 0 Å². The Bertz CT molecular complexity index is 1270. The van der Waals surface area contributed by atoms with Gasteiger partial charge in [-0.1, -0.05) is 29.4 Å². The summed E-state index contributed by atoms with van der Waals surface area (Å²) >= 11 is 0. The lowest BCUT2D eigenvalue weighted by Gasteiger charge is -2.23. The summed E-state index contributed by atoms with van der Waals surface area (Å²) in [5.41, 5.74) is 12.4. The quantitative estimate of drug-likeness (QED) is 0.438. The highest BCUT2D eigenvalue weighted by Gasteiger charge is 2.39. The van der Waals surface area contributed by atoms with E-state index in [1.165, 1.54) is 18.5 Å². The first-order valence-electron chi connectivity index (χ1n) is 9.97. The molecule has 32 heavy (non-hydrogen) atoms. The van der Waals surface area contributed by atoms with Crippen LogP contribution >= 0.6 is 0 Å². The van der Waals surface area contributed by atoms with Crippen molar-refractivity contribution in [3.63, 3.8) is 0 Å². The molecule has 0 bridgehead atoms. The van der Waals surface area contributed by atoms with Crippen molar-refractivity contribution in [3.05, 3.63) is 36.3 Å². The Balaban J connectivity index is 1.60. The molecule has 0 aliphatic carbocycles. The van der Waals surface area contributed by atoms with E-state index in [9.17, 15) is 13.2 Å². The third-order valence-corrected chi connectivity index (χ3v) is 5.61. The number of nitrogen functional groups attached to an aromatic ring is 2. The normalized spacial score (nSPS) is 15.5. The number of nitrogens with zero attached hydrogens (tertiary/aromatic N) is 5. The highest BCUT2D eigenvalue weighted by atomic mass is 19.4. The van der Waals surface area contributed by atoms with Gasteiger partial charge in [-0.05, 0) is 31.5 Å². The molecule has 4 aromatic rings. The monoisotopic (exact) mass is 444 g/mol. The number of benzene rings is 1. The van der Waals surface area contributed by atoms with E-state index in [1.807, 2.05) is 4.68 Å². The Hall–Kier alpha value is -3.67. The second-order valence-electron chi connectivity index (χ2n) is 7.58. The maximum absolute atomic E-state index is 13.3.